The first-order valence-electron chi connectivity index (χ1n) is 6.74. The van der Waals surface area contributed by atoms with Gasteiger partial charge in [0.25, 0.3) is 5.91 Å². The van der Waals surface area contributed by atoms with Gasteiger partial charge in [-0.25, -0.2) is 0 Å². The van der Waals surface area contributed by atoms with Crippen molar-refractivity contribution in [2.45, 2.75) is 6.92 Å². The molecular formula is C16H13N3O3. The Hall–Kier alpha value is -3.02. The van der Waals surface area contributed by atoms with E-state index in [0.29, 0.717) is 0 Å². The van der Waals surface area contributed by atoms with Crippen molar-refractivity contribution in [3.05, 3.63) is 47.8 Å². The molecule has 1 aliphatic rings. The lowest BCUT2D eigenvalue weighted by Crippen LogP contribution is -2.51. The predicted molar refractivity (Wildman–Crippen MR) is 80.3 cm³/mol. The molecule has 0 unspecified atom stereocenters. The van der Waals surface area contributed by atoms with Gasteiger partial charge in [0.1, 0.15) is 12.2 Å². The molecule has 0 radical (unpaired) electrons. The van der Waals surface area contributed by atoms with Crippen LogP contribution in [0.4, 0.5) is 0 Å². The molecular weight excluding hydrogens is 282 g/mol. The summed E-state index contributed by atoms with van der Waals surface area (Å²) in [4.78, 5) is 40.6. The number of hydrogen-bond donors (Lipinski definition) is 1. The number of nitrogens with zero attached hydrogens (tertiary/aromatic N) is 2. The highest BCUT2D eigenvalue weighted by atomic mass is 16.2. The molecule has 1 aromatic carbocycles. The van der Waals surface area contributed by atoms with Crippen molar-refractivity contribution in [1.29, 1.82) is 0 Å². The number of amides is 3. The molecule has 2 heterocycles. The minimum atomic E-state index is -0.506. The third kappa shape index (κ3) is 2.46. The highest BCUT2D eigenvalue weighted by Crippen LogP contribution is 2.19. The zero-order valence-electron chi connectivity index (χ0n) is 11.9. The molecule has 3 rings (SSSR count). The van der Waals surface area contributed by atoms with Crippen molar-refractivity contribution in [3.8, 4) is 0 Å². The van der Waals surface area contributed by atoms with E-state index in [0.717, 1.165) is 21.4 Å². The van der Waals surface area contributed by atoms with Crippen molar-refractivity contribution < 1.29 is 14.4 Å². The van der Waals surface area contributed by atoms with E-state index < -0.39 is 11.8 Å². The van der Waals surface area contributed by atoms with Gasteiger partial charge in [-0.2, -0.15) is 0 Å². The number of para-hydroxylation sites is 1. The molecule has 0 spiro atoms. The van der Waals surface area contributed by atoms with Gasteiger partial charge in [-0.3, -0.25) is 24.3 Å². The van der Waals surface area contributed by atoms with Crippen LogP contribution in [0.2, 0.25) is 0 Å². The summed E-state index contributed by atoms with van der Waals surface area (Å²) in [5, 5.41) is 3.38. The van der Waals surface area contributed by atoms with Crippen LogP contribution in [0.15, 0.2) is 42.2 Å². The summed E-state index contributed by atoms with van der Waals surface area (Å²) < 4.78 is 0. The molecule has 22 heavy (non-hydrogen) atoms. The van der Waals surface area contributed by atoms with Crippen LogP contribution in [0.5, 0.6) is 0 Å². The second kappa shape index (κ2) is 5.40. The Morgan fingerprint density at radius 1 is 1.27 bits per heavy atom. The monoisotopic (exact) mass is 295 g/mol. The Balaban J connectivity index is 2.08. The van der Waals surface area contributed by atoms with Crippen molar-refractivity contribution in [2.75, 3.05) is 6.54 Å². The molecule has 1 aromatic heterocycles. The number of benzene rings is 1. The number of nitrogens with one attached hydrogen (secondary N) is 1. The van der Waals surface area contributed by atoms with E-state index in [1.54, 1.807) is 18.3 Å². The standard InChI is InChI=1S/C16H13N3O3/c1-10(20)19-9-15(21)18-14(16(19)22)8-11-6-7-17-13-5-3-2-4-12(11)13/h2-8H,9H2,1H3,(H,18,21)/b14-8+. The molecule has 1 aliphatic heterocycles. The van der Waals surface area contributed by atoms with Gasteiger partial charge < -0.3 is 5.32 Å². The Labute approximate surface area is 126 Å². The molecule has 0 aliphatic carbocycles. The number of rotatable bonds is 1. The van der Waals surface area contributed by atoms with Crippen LogP contribution < -0.4 is 5.32 Å². The molecule has 6 nitrogen and oxygen atoms in total. The van der Waals surface area contributed by atoms with E-state index >= 15 is 0 Å². The molecule has 1 saturated heterocycles. The van der Waals surface area contributed by atoms with E-state index in [4.69, 9.17) is 0 Å². The second-order valence-electron chi connectivity index (χ2n) is 4.93. The second-order valence-corrected chi connectivity index (χ2v) is 4.93. The fourth-order valence-electron chi connectivity index (χ4n) is 2.36. The van der Waals surface area contributed by atoms with Gasteiger partial charge in [0, 0.05) is 18.5 Å². The van der Waals surface area contributed by atoms with Gasteiger partial charge in [0.15, 0.2) is 0 Å². The van der Waals surface area contributed by atoms with Crippen LogP contribution in [0.1, 0.15) is 12.5 Å². The zero-order chi connectivity index (χ0) is 15.7. The highest BCUT2D eigenvalue weighted by Gasteiger charge is 2.30. The maximum Gasteiger partial charge on any atom is 0.277 e. The molecule has 0 atom stereocenters. The molecule has 0 saturated carbocycles. The van der Waals surface area contributed by atoms with E-state index in [1.807, 2.05) is 24.3 Å². The van der Waals surface area contributed by atoms with Gasteiger partial charge in [-0.1, -0.05) is 18.2 Å². The predicted octanol–water partition coefficient (Wildman–Crippen LogP) is 1.08. The third-order valence-electron chi connectivity index (χ3n) is 3.41. The molecule has 1 fully saturated rings. The molecule has 3 amide bonds. The fourth-order valence-corrected chi connectivity index (χ4v) is 2.36. The Morgan fingerprint density at radius 3 is 2.82 bits per heavy atom. The van der Waals surface area contributed by atoms with Crippen LogP contribution in [-0.4, -0.2) is 34.2 Å². The smallest absolute Gasteiger partial charge is 0.277 e. The van der Waals surface area contributed by atoms with E-state index in [-0.39, 0.29) is 18.1 Å². The zero-order valence-corrected chi connectivity index (χ0v) is 11.9. The topological polar surface area (TPSA) is 79.4 Å². The van der Waals surface area contributed by atoms with Crippen LogP contribution in [-0.2, 0) is 14.4 Å². The quantitative estimate of drug-likeness (QED) is 0.798. The van der Waals surface area contributed by atoms with Crippen LogP contribution in [0, 0.1) is 0 Å². The van der Waals surface area contributed by atoms with Gasteiger partial charge >= 0.3 is 0 Å². The number of fused-ring (bicyclic) bond motifs is 1. The summed E-state index contributed by atoms with van der Waals surface area (Å²) in [6.45, 7) is 1.01. The van der Waals surface area contributed by atoms with Crippen molar-refractivity contribution >= 4 is 34.7 Å². The normalized spacial score (nSPS) is 17.0. The third-order valence-corrected chi connectivity index (χ3v) is 3.41. The average Bonchev–Trinajstić information content (AvgIpc) is 2.50. The largest absolute Gasteiger partial charge is 0.320 e. The summed E-state index contributed by atoms with van der Waals surface area (Å²) >= 11 is 0. The van der Waals surface area contributed by atoms with E-state index in [1.165, 1.54) is 6.92 Å². The number of carbonyl (C=O) groups excluding carboxylic acids is 3. The first kappa shape index (κ1) is 13.9. The summed E-state index contributed by atoms with van der Waals surface area (Å²) in [5.41, 5.74) is 1.62. The molecule has 2 aromatic rings. The van der Waals surface area contributed by atoms with Gasteiger partial charge in [-0.05, 0) is 23.8 Å². The lowest BCUT2D eigenvalue weighted by atomic mass is 10.1. The molecule has 1 N–H and O–H groups in total. The average molecular weight is 295 g/mol. The lowest BCUT2D eigenvalue weighted by molar-refractivity contribution is -0.147. The summed E-state index contributed by atoms with van der Waals surface area (Å²) in [6.07, 6.45) is 3.20. The van der Waals surface area contributed by atoms with Gasteiger partial charge in [0.2, 0.25) is 11.8 Å². The highest BCUT2D eigenvalue weighted by molar-refractivity contribution is 6.13. The summed E-state index contributed by atoms with van der Waals surface area (Å²) in [7, 11) is 0. The SMILES string of the molecule is CC(=O)N1CC(=O)N/C(=C/c2ccnc3ccccc23)C1=O. The Morgan fingerprint density at radius 2 is 2.05 bits per heavy atom. The van der Waals surface area contributed by atoms with Gasteiger partial charge in [-0.15, -0.1) is 0 Å². The minimum Gasteiger partial charge on any atom is -0.320 e. The van der Waals surface area contributed by atoms with E-state index in [9.17, 15) is 14.4 Å². The molecule has 6 heteroatoms. The van der Waals surface area contributed by atoms with Crippen molar-refractivity contribution in [1.82, 2.24) is 15.2 Å². The van der Waals surface area contributed by atoms with Crippen molar-refractivity contribution in [3.63, 3.8) is 0 Å². The summed E-state index contributed by atoms with van der Waals surface area (Å²) in [5.74, 6) is -1.35. The molecule has 110 valence electrons. The summed E-state index contributed by atoms with van der Waals surface area (Å²) in [6, 6.07) is 9.24. The van der Waals surface area contributed by atoms with Gasteiger partial charge in [0.05, 0.1) is 5.52 Å². The number of pyridine rings is 1. The lowest BCUT2D eigenvalue weighted by Gasteiger charge is -2.25. The number of hydrogen-bond acceptors (Lipinski definition) is 4. The maximum atomic E-state index is 12.3. The number of piperazine rings is 1. The van der Waals surface area contributed by atoms with Crippen LogP contribution in [0.25, 0.3) is 17.0 Å². The number of carbonyl (C=O) groups is 3. The Bertz CT molecular complexity index is 821. The minimum absolute atomic E-state index is 0.0859. The molecule has 0 bridgehead atoms. The number of aromatic nitrogens is 1. The Kier molecular flexibility index (Phi) is 3.42. The fraction of sp³-hybridized carbons (Fsp3) is 0.125. The first-order valence-corrected chi connectivity index (χ1v) is 6.74. The van der Waals surface area contributed by atoms with Crippen LogP contribution in [0.3, 0.4) is 0 Å². The van der Waals surface area contributed by atoms with Crippen LogP contribution >= 0.6 is 0 Å². The van der Waals surface area contributed by atoms with Crippen molar-refractivity contribution in [2.24, 2.45) is 0 Å². The number of imide groups is 1. The maximum absolute atomic E-state index is 12.3. The van der Waals surface area contributed by atoms with E-state index in [2.05, 4.69) is 10.3 Å². The first-order chi connectivity index (χ1) is 10.6.